The summed E-state index contributed by atoms with van der Waals surface area (Å²) in [4.78, 5) is 23.2. The third kappa shape index (κ3) is 3.44. The van der Waals surface area contributed by atoms with E-state index in [0.29, 0.717) is 49.1 Å². The summed E-state index contributed by atoms with van der Waals surface area (Å²) in [6.45, 7) is 1.42. The molecule has 1 aromatic carbocycles. The first-order valence-corrected chi connectivity index (χ1v) is 7.63. The fourth-order valence-corrected chi connectivity index (χ4v) is 2.87. The highest BCUT2D eigenvalue weighted by Gasteiger charge is 2.21. The van der Waals surface area contributed by atoms with Crippen LogP contribution in [-0.4, -0.2) is 37.6 Å². The van der Waals surface area contributed by atoms with Crippen molar-refractivity contribution in [3.8, 4) is 11.5 Å². The highest BCUT2D eigenvalue weighted by atomic mass is 35.5. The zero-order chi connectivity index (χ0) is 15.5. The Labute approximate surface area is 133 Å². The van der Waals surface area contributed by atoms with Crippen molar-refractivity contribution in [2.24, 2.45) is 0 Å². The average molecular weight is 325 g/mol. The molecule has 1 unspecified atom stereocenters. The van der Waals surface area contributed by atoms with Crippen molar-refractivity contribution in [2.75, 3.05) is 19.8 Å². The normalized spacial score (nSPS) is 20.2. The SMILES string of the molecule is O=C1CCC(NC(=O)Cc2cc(Cl)c3c(c2)OCCO3)CN1. The van der Waals surface area contributed by atoms with Crippen LogP contribution in [0, 0.1) is 0 Å². The van der Waals surface area contributed by atoms with E-state index >= 15 is 0 Å². The fourth-order valence-electron chi connectivity index (χ4n) is 2.59. The molecule has 0 spiro atoms. The number of carbonyl (C=O) groups excluding carboxylic acids is 2. The molecule has 1 aromatic rings. The van der Waals surface area contributed by atoms with Gasteiger partial charge in [0, 0.05) is 19.0 Å². The van der Waals surface area contributed by atoms with Gasteiger partial charge in [0.15, 0.2) is 11.5 Å². The number of hydrogen-bond donors (Lipinski definition) is 2. The summed E-state index contributed by atoms with van der Waals surface area (Å²) in [6, 6.07) is 3.48. The molecular formula is C15H17ClN2O4. The minimum Gasteiger partial charge on any atom is -0.486 e. The van der Waals surface area contributed by atoms with Gasteiger partial charge in [-0.2, -0.15) is 0 Å². The Kier molecular flexibility index (Phi) is 4.38. The van der Waals surface area contributed by atoms with Gasteiger partial charge in [0.2, 0.25) is 11.8 Å². The number of fused-ring (bicyclic) bond motifs is 1. The Bertz CT molecular complexity index is 595. The smallest absolute Gasteiger partial charge is 0.224 e. The fraction of sp³-hybridized carbons (Fsp3) is 0.467. The number of piperidine rings is 1. The van der Waals surface area contributed by atoms with Crippen LogP contribution in [0.1, 0.15) is 18.4 Å². The highest BCUT2D eigenvalue weighted by Crippen LogP contribution is 2.38. The van der Waals surface area contributed by atoms with Gasteiger partial charge in [-0.25, -0.2) is 0 Å². The molecular weight excluding hydrogens is 308 g/mol. The first kappa shape index (κ1) is 15.0. The number of benzene rings is 1. The van der Waals surface area contributed by atoms with Gasteiger partial charge in [-0.15, -0.1) is 0 Å². The molecule has 6 nitrogen and oxygen atoms in total. The molecule has 0 bridgehead atoms. The molecule has 0 aromatic heterocycles. The summed E-state index contributed by atoms with van der Waals surface area (Å²) in [5.74, 6) is 1.04. The molecule has 1 atom stereocenters. The predicted molar refractivity (Wildman–Crippen MR) is 80.3 cm³/mol. The molecule has 0 saturated carbocycles. The van der Waals surface area contributed by atoms with Crippen molar-refractivity contribution in [3.63, 3.8) is 0 Å². The van der Waals surface area contributed by atoms with E-state index in [4.69, 9.17) is 21.1 Å². The zero-order valence-electron chi connectivity index (χ0n) is 12.0. The third-order valence-electron chi connectivity index (χ3n) is 3.65. The maximum absolute atomic E-state index is 12.1. The monoisotopic (exact) mass is 324 g/mol. The summed E-state index contributed by atoms with van der Waals surface area (Å²) < 4.78 is 10.9. The Morgan fingerprint density at radius 2 is 2.18 bits per heavy atom. The molecule has 118 valence electrons. The van der Waals surface area contributed by atoms with Crippen LogP contribution >= 0.6 is 11.6 Å². The van der Waals surface area contributed by atoms with Crippen molar-refractivity contribution in [1.82, 2.24) is 10.6 Å². The van der Waals surface area contributed by atoms with Crippen LogP contribution in [0.15, 0.2) is 12.1 Å². The van der Waals surface area contributed by atoms with Crippen molar-refractivity contribution in [2.45, 2.75) is 25.3 Å². The largest absolute Gasteiger partial charge is 0.486 e. The van der Waals surface area contributed by atoms with Gasteiger partial charge in [0.05, 0.1) is 11.4 Å². The lowest BCUT2D eigenvalue weighted by atomic mass is 10.1. The summed E-state index contributed by atoms with van der Waals surface area (Å²) in [7, 11) is 0. The summed E-state index contributed by atoms with van der Waals surface area (Å²) in [5, 5.41) is 6.11. The maximum Gasteiger partial charge on any atom is 0.224 e. The molecule has 1 fully saturated rings. The summed E-state index contributed by atoms with van der Waals surface area (Å²) in [6.07, 6.45) is 1.32. The number of hydrogen-bond acceptors (Lipinski definition) is 4. The number of amides is 2. The van der Waals surface area contributed by atoms with Crippen LogP contribution in [-0.2, 0) is 16.0 Å². The number of halogens is 1. The molecule has 3 rings (SSSR count). The number of nitrogens with one attached hydrogen (secondary N) is 2. The minimum atomic E-state index is -0.103. The molecule has 1 saturated heterocycles. The first-order valence-electron chi connectivity index (χ1n) is 7.26. The van der Waals surface area contributed by atoms with Gasteiger partial charge < -0.3 is 20.1 Å². The third-order valence-corrected chi connectivity index (χ3v) is 3.93. The van der Waals surface area contributed by atoms with Crippen LogP contribution in [0.4, 0.5) is 0 Å². The number of ether oxygens (including phenoxy) is 2. The van der Waals surface area contributed by atoms with Crippen LogP contribution in [0.3, 0.4) is 0 Å². The summed E-state index contributed by atoms with van der Waals surface area (Å²) >= 11 is 6.15. The molecule has 0 aliphatic carbocycles. The van der Waals surface area contributed by atoms with Gasteiger partial charge in [-0.1, -0.05) is 11.6 Å². The maximum atomic E-state index is 12.1. The van der Waals surface area contributed by atoms with E-state index in [1.54, 1.807) is 12.1 Å². The Balaban J connectivity index is 1.61. The van der Waals surface area contributed by atoms with E-state index in [-0.39, 0.29) is 24.3 Å². The lowest BCUT2D eigenvalue weighted by Crippen LogP contribution is -2.48. The van der Waals surface area contributed by atoms with Crippen molar-refractivity contribution in [3.05, 3.63) is 22.7 Å². The van der Waals surface area contributed by atoms with Crippen LogP contribution in [0.25, 0.3) is 0 Å². The van der Waals surface area contributed by atoms with E-state index in [1.807, 2.05) is 0 Å². The van der Waals surface area contributed by atoms with E-state index in [2.05, 4.69) is 10.6 Å². The van der Waals surface area contributed by atoms with E-state index < -0.39 is 0 Å². The molecule has 0 radical (unpaired) electrons. The van der Waals surface area contributed by atoms with E-state index in [9.17, 15) is 9.59 Å². The second-order valence-corrected chi connectivity index (χ2v) is 5.79. The van der Waals surface area contributed by atoms with Crippen molar-refractivity contribution in [1.29, 1.82) is 0 Å². The standard InChI is InChI=1S/C15H17ClN2O4/c16-11-5-9(6-12-15(11)22-4-3-21-12)7-14(20)18-10-1-2-13(19)17-8-10/h5-6,10H,1-4,7-8H2,(H,17,19)(H,18,20). The lowest BCUT2D eigenvalue weighted by molar-refractivity contribution is -0.125. The van der Waals surface area contributed by atoms with Crippen molar-refractivity contribution < 1.29 is 19.1 Å². The Morgan fingerprint density at radius 1 is 1.36 bits per heavy atom. The molecule has 2 aliphatic rings. The van der Waals surface area contributed by atoms with Gasteiger partial charge >= 0.3 is 0 Å². The first-order chi connectivity index (χ1) is 10.6. The van der Waals surface area contributed by atoms with E-state index in [0.717, 1.165) is 5.56 Å². The van der Waals surface area contributed by atoms with Crippen molar-refractivity contribution >= 4 is 23.4 Å². The lowest BCUT2D eigenvalue weighted by Gasteiger charge is -2.24. The van der Waals surface area contributed by atoms with Gasteiger partial charge in [-0.05, 0) is 24.1 Å². The molecule has 2 heterocycles. The number of rotatable bonds is 3. The molecule has 7 heteroatoms. The molecule has 2 aliphatic heterocycles. The van der Waals surface area contributed by atoms with Gasteiger partial charge in [0.1, 0.15) is 13.2 Å². The average Bonchev–Trinajstić information content (AvgIpc) is 2.49. The molecule has 22 heavy (non-hydrogen) atoms. The Hall–Kier alpha value is -1.95. The molecule has 2 N–H and O–H groups in total. The van der Waals surface area contributed by atoms with E-state index in [1.165, 1.54) is 0 Å². The van der Waals surface area contributed by atoms with Gasteiger partial charge in [0.25, 0.3) is 0 Å². The predicted octanol–water partition coefficient (Wildman–Crippen LogP) is 1.05. The highest BCUT2D eigenvalue weighted by molar-refractivity contribution is 6.32. The zero-order valence-corrected chi connectivity index (χ0v) is 12.7. The second kappa shape index (κ2) is 6.44. The number of carbonyl (C=O) groups is 2. The van der Waals surface area contributed by atoms with Crippen LogP contribution in [0.5, 0.6) is 11.5 Å². The second-order valence-electron chi connectivity index (χ2n) is 5.39. The van der Waals surface area contributed by atoms with Gasteiger partial charge in [-0.3, -0.25) is 9.59 Å². The summed E-state index contributed by atoms with van der Waals surface area (Å²) in [5.41, 5.74) is 0.770. The minimum absolute atomic E-state index is 0.0158. The topological polar surface area (TPSA) is 76.7 Å². The van der Waals surface area contributed by atoms with Crippen LogP contribution < -0.4 is 20.1 Å². The quantitative estimate of drug-likeness (QED) is 0.871. The molecule has 2 amide bonds. The van der Waals surface area contributed by atoms with Crippen LogP contribution in [0.2, 0.25) is 5.02 Å². The Morgan fingerprint density at radius 3 is 2.95 bits per heavy atom.